The predicted octanol–water partition coefficient (Wildman–Crippen LogP) is 2.94. The van der Waals surface area contributed by atoms with Crippen molar-refractivity contribution in [3.8, 4) is 5.75 Å². The van der Waals surface area contributed by atoms with Crippen molar-refractivity contribution in [2.45, 2.75) is 19.8 Å². The number of hydrogen-bond acceptors (Lipinski definition) is 4. The topological polar surface area (TPSA) is 61.9 Å². The summed E-state index contributed by atoms with van der Waals surface area (Å²) < 4.78 is 18.9. The van der Waals surface area contributed by atoms with Crippen molar-refractivity contribution >= 4 is 17.5 Å². The Bertz CT molecular complexity index is 866. The summed E-state index contributed by atoms with van der Waals surface area (Å²) in [7, 11) is 0. The summed E-state index contributed by atoms with van der Waals surface area (Å²) in [5.41, 5.74) is 1.97. The van der Waals surface area contributed by atoms with Crippen molar-refractivity contribution < 1.29 is 18.7 Å². The molecule has 2 aromatic rings. The summed E-state index contributed by atoms with van der Waals surface area (Å²) in [5.74, 6) is -0.342. The molecule has 3 rings (SSSR count). The molecule has 160 valence electrons. The first-order chi connectivity index (χ1) is 14.6. The quantitative estimate of drug-likeness (QED) is 0.723. The minimum absolute atomic E-state index is 0.0210. The smallest absolute Gasteiger partial charge is 0.238 e. The summed E-state index contributed by atoms with van der Waals surface area (Å²) in [6.45, 7) is 4.92. The normalized spacial score (nSPS) is 14.4. The Labute approximate surface area is 176 Å². The third-order valence-corrected chi connectivity index (χ3v) is 5.17. The van der Waals surface area contributed by atoms with Gasteiger partial charge >= 0.3 is 0 Å². The van der Waals surface area contributed by atoms with Crippen LogP contribution in [0, 0.1) is 5.82 Å². The summed E-state index contributed by atoms with van der Waals surface area (Å²) in [6, 6.07) is 14.0. The van der Waals surface area contributed by atoms with Crippen LogP contribution in [0.3, 0.4) is 0 Å². The van der Waals surface area contributed by atoms with Gasteiger partial charge in [-0.25, -0.2) is 4.39 Å². The second-order valence-electron chi connectivity index (χ2n) is 7.24. The fourth-order valence-corrected chi connectivity index (χ4v) is 3.47. The fourth-order valence-electron chi connectivity index (χ4n) is 3.47. The Morgan fingerprint density at radius 3 is 2.47 bits per heavy atom. The van der Waals surface area contributed by atoms with Crippen molar-refractivity contribution in [2.24, 2.45) is 0 Å². The van der Waals surface area contributed by atoms with Gasteiger partial charge in [0, 0.05) is 31.9 Å². The number of aryl methyl sites for hydroxylation is 1. The molecule has 1 aliphatic heterocycles. The van der Waals surface area contributed by atoms with Crippen molar-refractivity contribution in [1.29, 1.82) is 0 Å². The lowest BCUT2D eigenvalue weighted by Crippen LogP contribution is -2.50. The monoisotopic (exact) mass is 413 g/mol. The number of hydrogen-bond donors (Lipinski definition) is 1. The number of ether oxygens (including phenoxy) is 1. The molecular formula is C23H28FN3O3. The number of rotatable bonds is 8. The molecule has 2 amide bonds. The zero-order chi connectivity index (χ0) is 21.3. The van der Waals surface area contributed by atoms with Crippen LogP contribution in [0.15, 0.2) is 48.5 Å². The third kappa shape index (κ3) is 6.03. The molecular weight excluding hydrogens is 385 g/mol. The second kappa shape index (κ2) is 10.7. The first-order valence-electron chi connectivity index (χ1n) is 10.3. The number of halogens is 1. The molecule has 0 bridgehead atoms. The number of nitrogens with one attached hydrogen (secondary N) is 1. The summed E-state index contributed by atoms with van der Waals surface area (Å²) >= 11 is 0. The van der Waals surface area contributed by atoms with Crippen LogP contribution in [0.5, 0.6) is 5.75 Å². The third-order valence-electron chi connectivity index (χ3n) is 5.17. The number of anilines is 1. The molecule has 1 aliphatic rings. The zero-order valence-electron chi connectivity index (χ0n) is 17.3. The average molecular weight is 413 g/mol. The standard InChI is InChI=1S/C23H28FN3O3/c1-2-18-7-3-5-9-20(18)25-22(28)17-26-12-14-27(15-13-26)23(29)11-16-30-21-10-6-4-8-19(21)24/h3-10H,2,11-17H2,1H3,(H,25,28). The Kier molecular flexibility index (Phi) is 7.79. The molecule has 0 aromatic heterocycles. The number of amides is 2. The van der Waals surface area contributed by atoms with Gasteiger partial charge in [-0.3, -0.25) is 14.5 Å². The molecule has 30 heavy (non-hydrogen) atoms. The molecule has 0 unspecified atom stereocenters. The fraction of sp³-hybridized carbons (Fsp3) is 0.391. The van der Waals surface area contributed by atoms with Gasteiger partial charge in [-0.15, -0.1) is 0 Å². The highest BCUT2D eigenvalue weighted by Crippen LogP contribution is 2.17. The van der Waals surface area contributed by atoms with Gasteiger partial charge in [0.2, 0.25) is 11.8 Å². The zero-order valence-corrected chi connectivity index (χ0v) is 17.3. The van der Waals surface area contributed by atoms with Gasteiger partial charge < -0.3 is 15.0 Å². The molecule has 0 spiro atoms. The first-order valence-corrected chi connectivity index (χ1v) is 10.3. The van der Waals surface area contributed by atoms with E-state index in [4.69, 9.17) is 4.74 Å². The maximum Gasteiger partial charge on any atom is 0.238 e. The lowest BCUT2D eigenvalue weighted by Gasteiger charge is -2.34. The number of piperazine rings is 1. The average Bonchev–Trinajstić information content (AvgIpc) is 2.76. The van der Waals surface area contributed by atoms with Crippen LogP contribution in [0.25, 0.3) is 0 Å². The van der Waals surface area contributed by atoms with E-state index in [2.05, 4.69) is 12.2 Å². The molecule has 0 saturated carbocycles. The van der Waals surface area contributed by atoms with E-state index in [1.54, 1.807) is 23.1 Å². The van der Waals surface area contributed by atoms with Crippen molar-refractivity contribution in [3.05, 3.63) is 59.9 Å². The highest BCUT2D eigenvalue weighted by atomic mass is 19.1. The van der Waals surface area contributed by atoms with Crippen molar-refractivity contribution in [1.82, 2.24) is 9.80 Å². The van der Waals surface area contributed by atoms with Crippen LogP contribution >= 0.6 is 0 Å². The van der Waals surface area contributed by atoms with Crippen molar-refractivity contribution in [3.63, 3.8) is 0 Å². The van der Waals surface area contributed by atoms with Gasteiger partial charge in [-0.05, 0) is 30.2 Å². The highest BCUT2D eigenvalue weighted by molar-refractivity contribution is 5.93. The molecule has 0 radical (unpaired) electrons. The van der Waals surface area contributed by atoms with Crippen LogP contribution in [-0.2, 0) is 16.0 Å². The minimum atomic E-state index is -0.432. The molecule has 1 saturated heterocycles. The van der Waals surface area contributed by atoms with Gasteiger partial charge in [-0.2, -0.15) is 0 Å². The number of nitrogens with zero attached hydrogens (tertiary/aromatic N) is 2. The summed E-state index contributed by atoms with van der Waals surface area (Å²) in [5, 5.41) is 2.98. The van der Waals surface area contributed by atoms with Gasteiger partial charge in [-0.1, -0.05) is 37.3 Å². The predicted molar refractivity (Wildman–Crippen MR) is 114 cm³/mol. The number of carbonyl (C=O) groups excluding carboxylic acids is 2. The van der Waals surface area contributed by atoms with Crippen LogP contribution in [0.2, 0.25) is 0 Å². The van der Waals surface area contributed by atoms with Crippen molar-refractivity contribution in [2.75, 3.05) is 44.6 Å². The van der Waals surface area contributed by atoms with Gasteiger partial charge in [0.15, 0.2) is 11.6 Å². The van der Waals surface area contributed by atoms with E-state index in [0.29, 0.717) is 32.7 Å². The molecule has 7 heteroatoms. The van der Waals surface area contributed by atoms with Crippen LogP contribution in [0.4, 0.5) is 10.1 Å². The first kappa shape index (κ1) is 21.8. The largest absolute Gasteiger partial charge is 0.490 e. The number of carbonyl (C=O) groups is 2. The molecule has 1 heterocycles. The Balaban J connectivity index is 1.38. The second-order valence-corrected chi connectivity index (χ2v) is 7.24. The van der Waals surface area contributed by atoms with E-state index in [9.17, 15) is 14.0 Å². The molecule has 0 atom stereocenters. The Hall–Kier alpha value is -2.93. The number of benzene rings is 2. The molecule has 1 N–H and O–H groups in total. The lowest BCUT2D eigenvalue weighted by molar-refractivity contribution is -0.133. The van der Waals surface area contributed by atoms with Gasteiger partial charge in [0.05, 0.1) is 19.6 Å². The number of para-hydroxylation sites is 2. The summed E-state index contributed by atoms with van der Waals surface area (Å²) in [4.78, 5) is 28.6. The van der Waals surface area contributed by atoms with E-state index < -0.39 is 5.82 Å². The lowest BCUT2D eigenvalue weighted by atomic mass is 10.1. The van der Waals surface area contributed by atoms with E-state index in [1.165, 1.54) is 6.07 Å². The van der Waals surface area contributed by atoms with Crippen LogP contribution in [-0.4, -0.2) is 60.9 Å². The maximum absolute atomic E-state index is 13.5. The highest BCUT2D eigenvalue weighted by Gasteiger charge is 2.22. The van der Waals surface area contributed by atoms with E-state index >= 15 is 0 Å². The minimum Gasteiger partial charge on any atom is -0.490 e. The molecule has 1 fully saturated rings. The van der Waals surface area contributed by atoms with E-state index in [0.717, 1.165) is 17.7 Å². The maximum atomic E-state index is 13.5. The van der Waals surface area contributed by atoms with Crippen LogP contribution in [0.1, 0.15) is 18.9 Å². The van der Waals surface area contributed by atoms with Crippen LogP contribution < -0.4 is 10.1 Å². The molecule has 0 aliphatic carbocycles. The van der Waals surface area contributed by atoms with E-state index in [1.807, 2.05) is 29.2 Å². The Morgan fingerprint density at radius 2 is 1.73 bits per heavy atom. The van der Waals surface area contributed by atoms with Gasteiger partial charge in [0.1, 0.15) is 0 Å². The summed E-state index contributed by atoms with van der Waals surface area (Å²) in [6.07, 6.45) is 1.06. The Morgan fingerprint density at radius 1 is 1.03 bits per heavy atom. The van der Waals surface area contributed by atoms with Gasteiger partial charge in [0.25, 0.3) is 0 Å². The molecule has 2 aromatic carbocycles. The molecule has 6 nitrogen and oxygen atoms in total. The van der Waals surface area contributed by atoms with E-state index in [-0.39, 0.29) is 30.6 Å². The SMILES string of the molecule is CCc1ccccc1NC(=O)CN1CCN(C(=O)CCOc2ccccc2F)CC1.